The summed E-state index contributed by atoms with van der Waals surface area (Å²) in [5.41, 5.74) is 5.58. The van der Waals surface area contributed by atoms with Gasteiger partial charge in [-0.2, -0.15) is 5.10 Å². The van der Waals surface area contributed by atoms with Crippen molar-refractivity contribution in [1.82, 2.24) is 15.1 Å². The zero-order valence-corrected chi connectivity index (χ0v) is 16.9. The fraction of sp³-hybridized carbons (Fsp3) is 0.261. The summed E-state index contributed by atoms with van der Waals surface area (Å²) in [6.07, 6.45) is 0.736. The molecule has 6 nitrogen and oxygen atoms in total. The van der Waals surface area contributed by atoms with E-state index in [-0.39, 0.29) is 12.5 Å². The van der Waals surface area contributed by atoms with Crippen LogP contribution in [0.1, 0.15) is 32.9 Å². The molecule has 3 aromatic rings. The van der Waals surface area contributed by atoms with Gasteiger partial charge in [0.1, 0.15) is 0 Å². The summed E-state index contributed by atoms with van der Waals surface area (Å²) in [7, 11) is 0. The monoisotopic (exact) mass is 391 g/mol. The summed E-state index contributed by atoms with van der Waals surface area (Å²) >= 11 is 0. The summed E-state index contributed by atoms with van der Waals surface area (Å²) in [4.78, 5) is 24.1. The highest BCUT2D eigenvalue weighted by molar-refractivity contribution is 5.91. The zero-order valence-electron chi connectivity index (χ0n) is 16.9. The number of ether oxygens (including phenoxy) is 1. The Morgan fingerprint density at radius 3 is 2.41 bits per heavy atom. The summed E-state index contributed by atoms with van der Waals surface area (Å²) in [6, 6.07) is 17.0. The first-order valence-corrected chi connectivity index (χ1v) is 9.56. The Morgan fingerprint density at radius 2 is 1.76 bits per heavy atom. The number of aryl methyl sites for hydroxylation is 3. The van der Waals surface area contributed by atoms with Crippen LogP contribution in [-0.2, 0) is 16.0 Å². The van der Waals surface area contributed by atoms with Crippen LogP contribution < -0.4 is 5.32 Å². The van der Waals surface area contributed by atoms with Gasteiger partial charge in [0, 0.05) is 12.2 Å². The second-order valence-corrected chi connectivity index (χ2v) is 6.99. The lowest BCUT2D eigenvalue weighted by Crippen LogP contribution is -2.30. The van der Waals surface area contributed by atoms with E-state index in [4.69, 9.17) is 4.74 Å². The molecular weight excluding hydrogens is 366 g/mol. The smallest absolute Gasteiger partial charge is 0.338 e. The van der Waals surface area contributed by atoms with Crippen LogP contribution in [0.2, 0.25) is 0 Å². The van der Waals surface area contributed by atoms with E-state index in [0.717, 1.165) is 23.5 Å². The SMILES string of the molecule is Cc1cc(C)n(-c2ccc(C(=O)OCC(=O)NCCc3ccccc3C)cc2)n1. The molecule has 6 heteroatoms. The number of carbonyl (C=O) groups excluding carboxylic acids is 2. The number of amides is 1. The Morgan fingerprint density at radius 1 is 1.03 bits per heavy atom. The van der Waals surface area contributed by atoms with Crippen LogP contribution in [0.4, 0.5) is 0 Å². The minimum absolute atomic E-state index is 0.300. The van der Waals surface area contributed by atoms with Gasteiger partial charge in [-0.15, -0.1) is 0 Å². The molecule has 0 fully saturated rings. The van der Waals surface area contributed by atoms with Crippen LogP contribution in [0.25, 0.3) is 5.69 Å². The van der Waals surface area contributed by atoms with Crippen LogP contribution in [0, 0.1) is 20.8 Å². The minimum atomic E-state index is -0.529. The lowest BCUT2D eigenvalue weighted by molar-refractivity contribution is -0.124. The average Bonchev–Trinajstić information content (AvgIpc) is 3.05. The first-order chi connectivity index (χ1) is 13.9. The number of nitrogens with zero attached hydrogens (tertiary/aromatic N) is 2. The number of hydrogen-bond donors (Lipinski definition) is 1. The first-order valence-electron chi connectivity index (χ1n) is 9.56. The van der Waals surface area contributed by atoms with Gasteiger partial charge in [0.05, 0.1) is 16.9 Å². The van der Waals surface area contributed by atoms with E-state index in [1.54, 1.807) is 24.3 Å². The quantitative estimate of drug-likeness (QED) is 0.627. The maximum Gasteiger partial charge on any atom is 0.338 e. The summed E-state index contributed by atoms with van der Waals surface area (Å²) in [6.45, 7) is 6.14. The van der Waals surface area contributed by atoms with Gasteiger partial charge in [0.2, 0.25) is 0 Å². The summed E-state index contributed by atoms with van der Waals surface area (Å²) in [5.74, 6) is -0.842. The molecular formula is C23H25N3O3. The Hall–Kier alpha value is -3.41. The predicted octanol–water partition coefficient (Wildman–Crippen LogP) is 3.31. The largest absolute Gasteiger partial charge is 0.452 e. The first kappa shape index (κ1) is 20.3. The van der Waals surface area contributed by atoms with Crippen molar-refractivity contribution in [3.05, 3.63) is 82.7 Å². The van der Waals surface area contributed by atoms with Gasteiger partial charge in [0.25, 0.3) is 5.91 Å². The van der Waals surface area contributed by atoms with E-state index in [0.29, 0.717) is 12.1 Å². The molecule has 0 aliphatic carbocycles. The molecule has 0 bridgehead atoms. The second-order valence-electron chi connectivity index (χ2n) is 6.99. The number of hydrogen-bond acceptors (Lipinski definition) is 4. The van der Waals surface area contributed by atoms with Gasteiger partial charge in [-0.05, 0) is 68.7 Å². The molecule has 0 aliphatic rings. The van der Waals surface area contributed by atoms with E-state index in [1.807, 2.05) is 55.8 Å². The lowest BCUT2D eigenvalue weighted by atomic mass is 10.1. The summed E-state index contributed by atoms with van der Waals surface area (Å²) in [5, 5.41) is 7.19. The third-order valence-electron chi connectivity index (χ3n) is 4.67. The Kier molecular flexibility index (Phi) is 6.44. The molecule has 150 valence electrons. The highest BCUT2D eigenvalue weighted by Gasteiger charge is 2.11. The molecule has 0 spiro atoms. The highest BCUT2D eigenvalue weighted by atomic mass is 16.5. The van der Waals surface area contributed by atoms with E-state index in [1.165, 1.54) is 11.1 Å². The predicted molar refractivity (Wildman–Crippen MR) is 111 cm³/mol. The van der Waals surface area contributed by atoms with Crippen LogP contribution in [0.3, 0.4) is 0 Å². The van der Waals surface area contributed by atoms with E-state index < -0.39 is 5.97 Å². The molecule has 29 heavy (non-hydrogen) atoms. The molecule has 1 heterocycles. The van der Waals surface area contributed by atoms with Crippen molar-refractivity contribution < 1.29 is 14.3 Å². The van der Waals surface area contributed by atoms with Gasteiger partial charge in [-0.1, -0.05) is 24.3 Å². The van der Waals surface area contributed by atoms with Crippen molar-refractivity contribution in [2.24, 2.45) is 0 Å². The fourth-order valence-electron chi connectivity index (χ4n) is 3.12. The van der Waals surface area contributed by atoms with Crippen LogP contribution in [-0.4, -0.2) is 34.8 Å². The maximum absolute atomic E-state index is 12.2. The molecule has 0 saturated carbocycles. The maximum atomic E-state index is 12.2. The van der Waals surface area contributed by atoms with Gasteiger partial charge >= 0.3 is 5.97 Å². The van der Waals surface area contributed by atoms with Gasteiger partial charge in [-0.25, -0.2) is 9.48 Å². The second kappa shape index (κ2) is 9.19. The third-order valence-corrected chi connectivity index (χ3v) is 4.67. The minimum Gasteiger partial charge on any atom is -0.452 e. The Labute approximate surface area is 170 Å². The van der Waals surface area contributed by atoms with Crippen molar-refractivity contribution in [2.45, 2.75) is 27.2 Å². The standard InChI is InChI=1S/C23H25N3O3/c1-16-6-4-5-7-19(16)12-13-24-22(27)15-29-23(28)20-8-10-21(11-9-20)26-18(3)14-17(2)25-26/h4-11,14H,12-13,15H2,1-3H3,(H,24,27). The molecule has 1 aromatic heterocycles. The number of esters is 1. The van der Waals surface area contributed by atoms with Crippen molar-refractivity contribution in [3.63, 3.8) is 0 Å². The van der Waals surface area contributed by atoms with Crippen molar-refractivity contribution >= 4 is 11.9 Å². The van der Waals surface area contributed by atoms with E-state index >= 15 is 0 Å². The number of carbonyl (C=O) groups is 2. The van der Waals surface area contributed by atoms with Crippen molar-refractivity contribution in [3.8, 4) is 5.69 Å². The molecule has 0 atom stereocenters. The van der Waals surface area contributed by atoms with Gasteiger partial charge in [-0.3, -0.25) is 4.79 Å². The highest BCUT2D eigenvalue weighted by Crippen LogP contribution is 2.13. The topological polar surface area (TPSA) is 73.2 Å². The molecule has 0 unspecified atom stereocenters. The molecule has 1 N–H and O–H groups in total. The molecule has 3 rings (SSSR count). The molecule has 0 aliphatic heterocycles. The number of nitrogens with one attached hydrogen (secondary N) is 1. The normalized spacial score (nSPS) is 10.6. The van der Waals surface area contributed by atoms with Crippen molar-refractivity contribution in [2.75, 3.05) is 13.2 Å². The van der Waals surface area contributed by atoms with E-state index in [2.05, 4.69) is 10.4 Å². The zero-order chi connectivity index (χ0) is 20.8. The van der Waals surface area contributed by atoms with Crippen molar-refractivity contribution in [1.29, 1.82) is 0 Å². The molecule has 0 saturated heterocycles. The fourth-order valence-corrected chi connectivity index (χ4v) is 3.12. The number of benzene rings is 2. The Bertz CT molecular complexity index is 1010. The number of rotatable bonds is 7. The Balaban J connectivity index is 1.47. The molecule has 2 aromatic carbocycles. The van der Waals surface area contributed by atoms with Crippen LogP contribution in [0.5, 0.6) is 0 Å². The average molecular weight is 391 g/mol. The molecule has 0 radical (unpaired) electrons. The van der Waals surface area contributed by atoms with E-state index in [9.17, 15) is 9.59 Å². The van der Waals surface area contributed by atoms with Crippen LogP contribution in [0.15, 0.2) is 54.6 Å². The molecule has 1 amide bonds. The lowest BCUT2D eigenvalue weighted by Gasteiger charge is -2.09. The number of aromatic nitrogens is 2. The third kappa shape index (κ3) is 5.31. The summed E-state index contributed by atoms with van der Waals surface area (Å²) < 4.78 is 6.93. The van der Waals surface area contributed by atoms with Gasteiger partial charge < -0.3 is 10.1 Å². The van der Waals surface area contributed by atoms with Crippen LogP contribution >= 0.6 is 0 Å². The van der Waals surface area contributed by atoms with Gasteiger partial charge in [0.15, 0.2) is 6.61 Å².